The van der Waals surface area contributed by atoms with Crippen LogP contribution in [0.25, 0.3) is 0 Å². The van der Waals surface area contributed by atoms with Crippen LogP contribution in [0.2, 0.25) is 0 Å². The first-order valence-corrected chi connectivity index (χ1v) is 8.33. The Morgan fingerprint density at radius 1 is 1.23 bits per heavy atom. The van der Waals surface area contributed by atoms with Crippen LogP contribution in [0, 0.1) is 5.92 Å². The number of carbonyl (C=O) groups excluding carboxylic acids is 1. The first-order chi connectivity index (χ1) is 10.3. The Labute approximate surface area is 129 Å². The van der Waals surface area contributed by atoms with Crippen molar-refractivity contribution in [2.24, 2.45) is 5.92 Å². The Morgan fingerprint density at radius 2 is 1.86 bits per heavy atom. The molecule has 1 unspecified atom stereocenters. The van der Waals surface area contributed by atoms with E-state index in [0.717, 1.165) is 0 Å². The first kappa shape index (κ1) is 18.1. The molecule has 0 spiro atoms. The maximum Gasteiger partial charge on any atom is 0.303 e. The van der Waals surface area contributed by atoms with E-state index in [0.29, 0.717) is 0 Å². The van der Waals surface area contributed by atoms with Gasteiger partial charge < -0.3 is 10.4 Å². The molecular weight excluding hydrogens is 308 g/mol. The van der Waals surface area contributed by atoms with Gasteiger partial charge in [-0.1, -0.05) is 25.1 Å². The van der Waals surface area contributed by atoms with Crippen molar-refractivity contribution >= 4 is 21.9 Å². The van der Waals surface area contributed by atoms with Crippen molar-refractivity contribution in [2.75, 3.05) is 13.1 Å². The minimum Gasteiger partial charge on any atom is -0.481 e. The van der Waals surface area contributed by atoms with Crippen LogP contribution in [0.4, 0.5) is 0 Å². The largest absolute Gasteiger partial charge is 0.481 e. The number of carboxylic acids is 1. The lowest BCUT2D eigenvalue weighted by molar-refractivity contribution is -0.138. The van der Waals surface area contributed by atoms with Crippen LogP contribution in [-0.4, -0.2) is 38.5 Å². The van der Waals surface area contributed by atoms with Gasteiger partial charge in [-0.05, 0) is 18.1 Å². The van der Waals surface area contributed by atoms with Gasteiger partial charge in [-0.3, -0.25) is 9.59 Å². The van der Waals surface area contributed by atoms with Crippen LogP contribution in [0.5, 0.6) is 0 Å². The highest BCUT2D eigenvalue weighted by Gasteiger charge is 2.14. The number of carboxylic acid groups (broad SMARTS) is 1. The summed E-state index contributed by atoms with van der Waals surface area (Å²) in [5, 5.41) is 11.2. The molecule has 3 N–H and O–H groups in total. The van der Waals surface area contributed by atoms with E-state index in [9.17, 15) is 18.0 Å². The summed E-state index contributed by atoms with van der Waals surface area (Å²) in [5.41, 5.74) is 0. The smallest absolute Gasteiger partial charge is 0.303 e. The second-order valence-corrected chi connectivity index (χ2v) is 6.73. The van der Waals surface area contributed by atoms with Gasteiger partial charge >= 0.3 is 5.97 Å². The van der Waals surface area contributed by atoms with E-state index in [1.807, 2.05) is 0 Å². The summed E-state index contributed by atoms with van der Waals surface area (Å²) < 4.78 is 26.1. The zero-order valence-corrected chi connectivity index (χ0v) is 13.1. The minimum absolute atomic E-state index is 0.00808. The molecule has 8 heteroatoms. The number of sulfonamides is 1. The third kappa shape index (κ3) is 6.68. The average Bonchev–Trinajstić information content (AvgIpc) is 2.45. The molecule has 0 radical (unpaired) electrons. The summed E-state index contributed by atoms with van der Waals surface area (Å²) in [4.78, 5) is 22.2. The highest BCUT2D eigenvalue weighted by atomic mass is 32.2. The number of nitrogens with one attached hydrogen (secondary N) is 2. The predicted molar refractivity (Wildman–Crippen MR) is 80.7 cm³/mol. The zero-order valence-electron chi connectivity index (χ0n) is 12.3. The van der Waals surface area contributed by atoms with Crippen LogP contribution in [0.3, 0.4) is 0 Å². The fraction of sp³-hybridized carbons (Fsp3) is 0.429. The normalized spacial score (nSPS) is 12.6. The fourth-order valence-electron chi connectivity index (χ4n) is 1.73. The van der Waals surface area contributed by atoms with Crippen LogP contribution in [0.1, 0.15) is 19.8 Å². The van der Waals surface area contributed by atoms with Gasteiger partial charge in [0.2, 0.25) is 15.9 Å². The monoisotopic (exact) mass is 328 g/mol. The molecule has 0 fully saturated rings. The van der Waals surface area contributed by atoms with Crippen molar-refractivity contribution in [1.29, 1.82) is 0 Å². The Morgan fingerprint density at radius 3 is 2.45 bits per heavy atom. The number of benzene rings is 1. The molecule has 0 aliphatic heterocycles. The van der Waals surface area contributed by atoms with Crippen LogP contribution < -0.4 is 10.0 Å². The third-order valence-corrected chi connectivity index (χ3v) is 4.35. The van der Waals surface area contributed by atoms with Gasteiger partial charge in [-0.25, -0.2) is 13.1 Å². The van der Waals surface area contributed by atoms with Crippen LogP contribution in [0.15, 0.2) is 35.2 Å². The van der Waals surface area contributed by atoms with Gasteiger partial charge in [0.1, 0.15) is 0 Å². The van der Waals surface area contributed by atoms with E-state index >= 15 is 0 Å². The second-order valence-electron chi connectivity index (χ2n) is 4.97. The minimum atomic E-state index is -3.61. The summed E-state index contributed by atoms with van der Waals surface area (Å²) in [6.45, 7) is 1.94. The molecule has 0 saturated carbocycles. The lowest BCUT2D eigenvalue weighted by Crippen LogP contribution is -2.33. The van der Waals surface area contributed by atoms with Crippen molar-refractivity contribution in [3.8, 4) is 0 Å². The van der Waals surface area contributed by atoms with Crippen LogP contribution >= 0.6 is 0 Å². The van der Waals surface area contributed by atoms with Crippen molar-refractivity contribution in [3.63, 3.8) is 0 Å². The SMILES string of the molecule is CC(CNC(=O)CCNS(=O)(=O)c1ccccc1)CC(=O)O. The third-order valence-electron chi connectivity index (χ3n) is 2.87. The molecule has 0 heterocycles. The molecule has 0 aliphatic carbocycles. The second kappa shape index (κ2) is 8.50. The van der Waals surface area contributed by atoms with E-state index in [4.69, 9.17) is 5.11 Å². The summed E-state index contributed by atoms with van der Waals surface area (Å²) in [5.74, 6) is -1.42. The van der Waals surface area contributed by atoms with Gasteiger partial charge in [0.15, 0.2) is 0 Å². The Balaban J connectivity index is 2.32. The Bertz CT molecular complexity index is 601. The van der Waals surface area contributed by atoms with Gasteiger partial charge in [0, 0.05) is 25.9 Å². The lowest BCUT2D eigenvalue weighted by atomic mass is 10.1. The number of aliphatic carboxylic acids is 1. The quantitative estimate of drug-likeness (QED) is 0.614. The average molecular weight is 328 g/mol. The van der Waals surface area contributed by atoms with Gasteiger partial charge in [0.05, 0.1) is 4.90 Å². The number of carbonyl (C=O) groups is 2. The van der Waals surface area contributed by atoms with Crippen molar-refractivity contribution in [3.05, 3.63) is 30.3 Å². The molecule has 0 aromatic heterocycles. The molecule has 0 aliphatic rings. The van der Waals surface area contributed by atoms with Gasteiger partial charge in [0.25, 0.3) is 0 Å². The van der Waals surface area contributed by atoms with E-state index in [2.05, 4.69) is 10.0 Å². The maximum atomic E-state index is 11.9. The number of rotatable bonds is 9. The van der Waals surface area contributed by atoms with Gasteiger partial charge in [-0.15, -0.1) is 0 Å². The Hall–Kier alpha value is -1.93. The first-order valence-electron chi connectivity index (χ1n) is 6.84. The molecule has 1 aromatic carbocycles. The van der Waals surface area contributed by atoms with E-state index in [-0.39, 0.29) is 42.7 Å². The summed E-state index contributed by atoms with van der Waals surface area (Å²) >= 11 is 0. The molecule has 122 valence electrons. The van der Waals surface area contributed by atoms with E-state index < -0.39 is 16.0 Å². The summed E-state index contributed by atoms with van der Waals surface area (Å²) in [6.07, 6.45) is -0.0349. The number of hydrogen-bond donors (Lipinski definition) is 3. The highest BCUT2D eigenvalue weighted by molar-refractivity contribution is 7.89. The molecule has 1 rings (SSSR count). The topological polar surface area (TPSA) is 113 Å². The van der Waals surface area contributed by atoms with Gasteiger partial charge in [-0.2, -0.15) is 0 Å². The molecule has 1 amide bonds. The summed E-state index contributed by atoms with van der Waals surface area (Å²) in [7, 11) is -3.61. The molecule has 0 saturated heterocycles. The zero-order chi connectivity index (χ0) is 16.6. The molecule has 1 atom stereocenters. The number of hydrogen-bond acceptors (Lipinski definition) is 4. The standard InChI is InChI=1S/C14H20N2O5S/c1-11(9-14(18)19)10-15-13(17)7-8-16-22(20,21)12-5-3-2-4-6-12/h2-6,11,16H,7-10H2,1H3,(H,15,17)(H,18,19). The van der Waals surface area contributed by atoms with Crippen molar-refractivity contribution in [2.45, 2.75) is 24.7 Å². The molecule has 1 aromatic rings. The molecular formula is C14H20N2O5S. The van der Waals surface area contributed by atoms with Crippen molar-refractivity contribution < 1.29 is 23.1 Å². The lowest BCUT2D eigenvalue weighted by Gasteiger charge is -2.11. The van der Waals surface area contributed by atoms with Crippen molar-refractivity contribution in [1.82, 2.24) is 10.0 Å². The number of amides is 1. The fourth-order valence-corrected chi connectivity index (χ4v) is 2.78. The van der Waals surface area contributed by atoms with E-state index in [1.54, 1.807) is 25.1 Å². The van der Waals surface area contributed by atoms with Crippen LogP contribution in [-0.2, 0) is 19.6 Å². The molecule has 7 nitrogen and oxygen atoms in total. The maximum absolute atomic E-state index is 11.9. The highest BCUT2D eigenvalue weighted by Crippen LogP contribution is 2.06. The molecule has 22 heavy (non-hydrogen) atoms. The van der Waals surface area contributed by atoms with E-state index in [1.165, 1.54) is 12.1 Å². The predicted octanol–water partition coefficient (Wildman–Crippen LogP) is 0.582. The summed E-state index contributed by atoms with van der Waals surface area (Å²) in [6, 6.07) is 7.88. The molecule has 0 bridgehead atoms. The Kier molecular flexibility index (Phi) is 7.00.